The van der Waals surface area contributed by atoms with Crippen LogP contribution in [0.2, 0.25) is 10.0 Å². The fraction of sp³-hybridized carbons (Fsp3) is 0.500. The Labute approximate surface area is 140 Å². The molecule has 1 aromatic rings. The molecule has 22 heavy (non-hydrogen) atoms. The van der Waals surface area contributed by atoms with Crippen molar-refractivity contribution in [2.24, 2.45) is 0 Å². The fourth-order valence-electron chi connectivity index (χ4n) is 2.58. The monoisotopic (exact) mass is 343 g/mol. The summed E-state index contributed by atoms with van der Waals surface area (Å²) in [4.78, 5) is 25.5. The molecular weight excluding hydrogens is 325 g/mol. The predicted molar refractivity (Wildman–Crippen MR) is 86.4 cm³/mol. The van der Waals surface area contributed by atoms with Crippen LogP contribution >= 0.6 is 23.2 Å². The summed E-state index contributed by atoms with van der Waals surface area (Å²) in [6, 6.07) is 5.10. The number of carbonyl (C=O) groups excluding carboxylic acids is 2. The molecule has 0 radical (unpaired) electrons. The molecular formula is C16H19Cl2NO3. The van der Waals surface area contributed by atoms with Crippen LogP contribution in [-0.2, 0) is 9.53 Å². The van der Waals surface area contributed by atoms with Crippen LogP contribution in [0.15, 0.2) is 18.2 Å². The highest BCUT2D eigenvalue weighted by Gasteiger charge is 2.34. The molecule has 1 fully saturated rings. The third-order valence-corrected chi connectivity index (χ3v) is 4.32. The lowest BCUT2D eigenvalue weighted by atomic mass is 9.91. The normalized spacial score (nSPS) is 15.8. The molecule has 1 saturated heterocycles. The van der Waals surface area contributed by atoms with Crippen molar-refractivity contribution < 1.29 is 14.3 Å². The number of hydrogen-bond donors (Lipinski definition) is 0. The Morgan fingerprint density at radius 2 is 2.14 bits per heavy atom. The zero-order valence-electron chi connectivity index (χ0n) is 12.5. The van der Waals surface area contributed by atoms with E-state index >= 15 is 0 Å². The van der Waals surface area contributed by atoms with Crippen LogP contribution in [-0.4, -0.2) is 30.1 Å². The summed E-state index contributed by atoms with van der Waals surface area (Å²) in [5.74, 6) is -0.690. The predicted octanol–water partition coefficient (Wildman–Crippen LogP) is 4.64. The highest BCUT2D eigenvalue weighted by molar-refractivity contribution is 6.35. The first-order chi connectivity index (χ1) is 10.5. The van der Waals surface area contributed by atoms with E-state index in [1.807, 2.05) is 0 Å². The van der Waals surface area contributed by atoms with Crippen molar-refractivity contribution in [1.82, 2.24) is 4.90 Å². The Kier molecular flexibility index (Phi) is 6.09. The maximum atomic E-state index is 12.7. The molecule has 0 aliphatic carbocycles. The molecule has 1 atom stereocenters. The van der Waals surface area contributed by atoms with Gasteiger partial charge in [-0.2, -0.15) is 0 Å². The van der Waals surface area contributed by atoms with Gasteiger partial charge in [-0.25, -0.2) is 9.69 Å². The molecule has 1 aliphatic heterocycles. The average molecular weight is 344 g/mol. The van der Waals surface area contributed by atoms with Crippen molar-refractivity contribution in [3.63, 3.8) is 0 Å². The number of unbranched alkanes of at least 4 members (excludes halogenated alkanes) is 2. The molecule has 0 spiro atoms. The molecule has 1 heterocycles. The summed E-state index contributed by atoms with van der Waals surface area (Å²) < 4.78 is 4.86. The number of carbonyl (C=O) groups is 2. The van der Waals surface area contributed by atoms with E-state index in [1.54, 1.807) is 18.2 Å². The van der Waals surface area contributed by atoms with Crippen LogP contribution in [0.4, 0.5) is 4.79 Å². The second-order valence-corrected chi connectivity index (χ2v) is 6.16. The maximum Gasteiger partial charge on any atom is 0.416 e. The molecule has 0 aromatic heterocycles. The number of rotatable bonds is 6. The van der Waals surface area contributed by atoms with Crippen molar-refractivity contribution >= 4 is 35.2 Å². The highest BCUT2D eigenvalue weighted by Crippen LogP contribution is 2.33. The largest absolute Gasteiger partial charge is 0.447 e. The Hall–Kier alpha value is -1.26. The summed E-state index contributed by atoms with van der Waals surface area (Å²) >= 11 is 12.2. The molecule has 1 unspecified atom stereocenters. The number of hydrogen-bond acceptors (Lipinski definition) is 3. The second-order valence-electron chi connectivity index (χ2n) is 5.32. The minimum atomic E-state index is -0.574. The van der Waals surface area contributed by atoms with Crippen LogP contribution in [0.1, 0.15) is 44.1 Å². The van der Waals surface area contributed by atoms with Gasteiger partial charge in [-0.15, -0.1) is 0 Å². The summed E-state index contributed by atoms with van der Waals surface area (Å²) in [7, 11) is 0. The number of amides is 2. The molecule has 1 aromatic carbocycles. The summed E-state index contributed by atoms with van der Waals surface area (Å²) in [5, 5.41) is 0.976. The molecule has 2 rings (SSSR count). The van der Waals surface area contributed by atoms with Gasteiger partial charge in [-0.3, -0.25) is 4.79 Å². The standard InChI is InChI=1S/C16H19Cl2NO3/c1-2-3-4-5-13(12-7-6-11(17)10-14(12)18)15(20)19-8-9-22-16(19)21/h6-7,10,13H,2-5,8-9H2,1H3. The quantitative estimate of drug-likeness (QED) is 0.707. The second kappa shape index (κ2) is 7.84. The van der Waals surface area contributed by atoms with E-state index in [0.717, 1.165) is 19.3 Å². The molecule has 1 aliphatic rings. The summed E-state index contributed by atoms with van der Waals surface area (Å²) in [6.07, 6.45) is 3.06. The lowest BCUT2D eigenvalue weighted by molar-refractivity contribution is -0.129. The van der Waals surface area contributed by atoms with Gasteiger partial charge in [-0.1, -0.05) is 55.5 Å². The van der Waals surface area contributed by atoms with Gasteiger partial charge in [0.05, 0.1) is 12.5 Å². The van der Waals surface area contributed by atoms with E-state index in [1.165, 1.54) is 4.90 Å². The zero-order chi connectivity index (χ0) is 16.1. The van der Waals surface area contributed by atoms with E-state index in [0.29, 0.717) is 28.6 Å². The Morgan fingerprint density at radius 3 is 2.73 bits per heavy atom. The van der Waals surface area contributed by atoms with Crippen LogP contribution < -0.4 is 0 Å². The van der Waals surface area contributed by atoms with Crippen molar-refractivity contribution in [2.75, 3.05) is 13.2 Å². The Morgan fingerprint density at radius 1 is 1.36 bits per heavy atom. The van der Waals surface area contributed by atoms with Crippen molar-refractivity contribution in [3.05, 3.63) is 33.8 Å². The third-order valence-electron chi connectivity index (χ3n) is 3.76. The zero-order valence-corrected chi connectivity index (χ0v) is 14.0. The van der Waals surface area contributed by atoms with E-state index < -0.39 is 12.0 Å². The first kappa shape index (κ1) is 17.1. The van der Waals surface area contributed by atoms with Crippen molar-refractivity contribution in [1.29, 1.82) is 0 Å². The maximum absolute atomic E-state index is 12.7. The summed E-state index contributed by atoms with van der Waals surface area (Å²) in [5.41, 5.74) is 0.715. The topological polar surface area (TPSA) is 46.6 Å². The van der Waals surface area contributed by atoms with Crippen molar-refractivity contribution in [2.45, 2.75) is 38.5 Å². The van der Waals surface area contributed by atoms with Gasteiger partial charge < -0.3 is 4.74 Å². The van der Waals surface area contributed by atoms with Crippen LogP contribution in [0.5, 0.6) is 0 Å². The SMILES string of the molecule is CCCCCC(C(=O)N1CCOC1=O)c1ccc(Cl)cc1Cl. The third kappa shape index (κ3) is 3.93. The number of benzene rings is 1. The van der Waals surface area contributed by atoms with Gasteiger partial charge >= 0.3 is 6.09 Å². The van der Waals surface area contributed by atoms with Gasteiger partial charge in [0.15, 0.2) is 0 Å². The molecule has 4 nitrogen and oxygen atoms in total. The van der Waals surface area contributed by atoms with Crippen LogP contribution in [0, 0.1) is 0 Å². The first-order valence-corrected chi connectivity index (χ1v) is 8.23. The van der Waals surface area contributed by atoms with E-state index in [-0.39, 0.29) is 12.5 Å². The molecule has 0 bridgehead atoms. The Balaban J connectivity index is 2.25. The average Bonchev–Trinajstić information content (AvgIpc) is 2.90. The molecule has 6 heteroatoms. The number of cyclic esters (lactones) is 1. The highest BCUT2D eigenvalue weighted by atomic mass is 35.5. The van der Waals surface area contributed by atoms with Crippen LogP contribution in [0.25, 0.3) is 0 Å². The van der Waals surface area contributed by atoms with Gasteiger partial charge in [0, 0.05) is 10.0 Å². The van der Waals surface area contributed by atoms with E-state index in [4.69, 9.17) is 27.9 Å². The number of nitrogens with zero attached hydrogens (tertiary/aromatic N) is 1. The fourth-order valence-corrected chi connectivity index (χ4v) is 3.12. The van der Waals surface area contributed by atoms with Gasteiger partial charge in [0.1, 0.15) is 6.61 Å². The number of halogens is 2. The lowest BCUT2D eigenvalue weighted by Crippen LogP contribution is -2.36. The lowest BCUT2D eigenvalue weighted by Gasteiger charge is -2.21. The molecule has 120 valence electrons. The molecule has 0 saturated carbocycles. The minimum Gasteiger partial charge on any atom is -0.447 e. The van der Waals surface area contributed by atoms with Crippen LogP contribution in [0.3, 0.4) is 0 Å². The molecule has 0 N–H and O–H groups in total. The van der Waals surface area contributed by atoms with E-state index in [2.05, 4.69) is 6.92 Å². The Bertz CT molecular complexity index is 562. The summed E-state index contributed by atoms with van der Waals surface area (Å²) in [6.45, 7) is 2.65. The number of imide groups is 1. The van der Waals surface area contributed by atoms with Gasteiger partial charge in [-0.05, 0) is 24.1 Å². The minimum absolute atomic E-state index is 0.247. The smallest absolute Gasteiger partial charge is 0.416 e. The first-order valence-electron chi connectivity index (χ1n) is 7.47. The molecule has 2 amide bonds. The van der Waals surface area contributed by atoms with E-state index in [9.17, 15) is 9.59 Å². The number of ether oxygens (including phenoxy) is 1. The van der Waals surface area contributed by atoms with Crippen molar-refractivity contribution in [3.8, 4) is 0 Å². The van der Waals surface area contributed by atoms with Gasteiger partial charge in [0.25, 0.3) is 0 Å². The van der Waals surface area contributed by atoms with Gasteiger partial charge in [0.2, 0.25) is 5.91 Å².